The van der Waals surface area contributed by atoms with E-state index in [1.165, 1.54) is 6.92 Å². The van der Waals surface area contributed by atoms with Crippen molar-refractivity contribution >= 4 is 5.91 Å². The number of carbonyl (C=O) groups excluding carboxylic acids is 1. The second-order valence-corrected chi connectivity index (χ2v) is 5.66. The van der Waals surface area contributed by atoms with Crippen LogP contribution < -0.4 is 5.32 Å². The molecular weight excluding hydrogens is 254 g/mol. The van der Waals surface area contributed by atoms with Crippen LogP contribution in [0.1, 0.15) is 27.7 Å². The molecule has 0 saturated carbocycles. The Labute approximate surface area is 112 Å². The van der Waals surface area contributed by atoms with Gasteiger partial charge in [0.05, 0.1) is 12.2 Å². The van der Waals surface area contributed by atoms with E-state index in [1.807, 2.05) is 0 Å². The molecule has 5 atom stereocenters. The Morgan fingerprint density at radius 2 is 1.89 bits per heavy atom. The van der Waals surface area contributed by atoms with Crippen molar-refractivity contribution in [2.45, 2.75) is 63.9 Å². The number of hydrogen-bond acceptors (Lipinski definition) is 6. The summed E-state index contributed by atoms with van der Waals surface area (Å²) in [6, 6.07) is -0.894. The Morgan fingerprint density at radius 3 is 2.32 bits per heavy atom. The zero-order valence-corrected chi connectivity index (χ0v) is 11.7. The molecule has 19 heavy (non-hydrogen) atoms. The molecule has 1 aliphatic heterocycles. The quantitative estimate of drug-likeness (QED) is 0.513. The van der Waals surface area contributed by atoms with Crippen molar-refractivity contribution in [2.24, 2.45) is 0 Å². The fourth-order valence-corrected chi connectivity index (χ4v) is 1.92. The highest BCUT2D eigenvalue weighted by molar-refractivity contribution is 5.73. The molecule has 4 N–H and O–H groups in total. The highest BCUT2D eigenvalue weighted by Crippen LogP contribution is 2.25. The summed E-state index contributed by atoms with van der Waals surface area (Å²) < 4.78 is 11.0. The molecule has 1 rings (SSSR count). The number of ether oxygens (including phenoxy) is 2. The molecule has 0 aliphatic carbocycles. The maximum absolute atomic E-state index is 11.2. The van der Waals surface area contributed by atoms with E-state index in [0.717, 1.165) is 0 Å². The fourth-order valence-electron chi connectivity index (χ4n) is 1.92. The second kappa shape index (κ2) is 6.15. The first-order chi connectivity index (χ1) is 8.65. The van der Waals surface area contributed by atoms with Crippen molar-refractivity contribution in [1.29, 1.82) is 0 Å². The lowest BCUT2D eigenvalue weighted by Gasteiger charge is -2.44. The fraction of sp³-hybridized carbons (Fsp3) is 0.917. The summed E-state index contributed by atoms with van der Waals surface area (Å²) >= 11 is 0. The van der Waals surface area contributed by atoms with E-state index in [2.05, 4.69) is 5.32 Å². The Bertz CT molecular complexity index is 316. The molecule has 112 valence electrons. The van der Waals surface area contributed by atoms with E-state index in [9.17, 15) is 15.0 Å². The Balaban J connectivity index is 2.89. The van der Waals surface area contributed by atoms with Gasteiger partial charge in [-0.15, -0.1) is 0 Å². The van der Waals surface area contributed by atoms with Gasteiger partial charge in [-0.2, -0.15) is 0 Å². The minimum Gasteiger partial charge on any atom is -0.394 e. The number of amides is 1. The van der Waals surface area contributed by atoms with Gasteiger partial charge in [-0.3, -0.25) is 4.79 Å². The molecule has 0 bridgehead atoms. The zero-order valence-electron chi connectivity index (χ0n) is 11.7. The predicted octanol–water partition coefficient (Wildman–Crippen LogP) is -1.25. The van der Waals surface area contributed by atoms with Gasteiger partial charge < -0.3 is 30.1 Å². The van der Waals surface area contributed by atoms with Crippen LogP contribution in [-0.4, -0.2) is 64.1 Å². The molecule has 0 spiro atoms. The van der Waals surface area contributed by atoms with E-state index in [-0.39, 0.29) is 5.91 Å². The number of carbonyl (C=O) groups is 1. The van der Waals surface area contributed by atoms with Crippen molar-refractivity contribution in [3.8, 4) is 0 Å². The molecule has 0 aromatic carbocycles. The highest BCUT2D eigenvalue weighted by Gasteiger charge is 2.46. The summed E-state index contributed by atoms with van der Waals surface area (Å²) in [6.45, 7) is 6.24. The summed E-state index contributed by atoms with van der Waals surface area (Å²) in [6.07, 6.45) is -4.46. The van der Waals surface area contributed by atoms with Crippen LogP contribution in [0.15, 0.2) is 0 Å². The first-order valence-corrected chi connectivity index (χ1v) is 6.23. The van der Waals surface area contributed by atoms with Crippen LogP contribution in [-0.2, 0) is 14.3 Å². The van der Waals surface area contributed by atoms with Gasteiger partial charge >= 0.3 is 0 Å². The van der Waals surface area contributed by atoms with Gasteiger partial charge in [0, 0.05) is 6.92 Å². The van der Waals surface area contributed by atoms with Crippen LogP contribution in [0.25, 0.3) is 0 Å². The van der Waals surface area contributed by atoms with Crippen LogP contribution in [0.4, 0.5) is 0 Å². The highest BCUT2D eigenvalue weighted by atomic mass is 16.7. The second-order valence-electron chi connectivity index (χ2n) is 5.66. The number of hydrogen-bond donors (Lipinski definition) is 4. The summed E-state index contributed by atoms with van der Waals surface area (Å²) in [4.78, 5) is 11.2. The minimum atomic E-state index is -1.29. The molecule has 0 aromatic rings. The molecule has 7 heteroatoms. The third-order valence-corrected chi connectivity index (χ3v) is 2.72. The average molecular weight is 277 g/mol. The van der Waals surface area contributed by atoms with Gasteiger partial charge in [-0.25, -0.2) is 0 Å². The first-order valence-electron chi connectivity index (χ1n) is 6.23. The third kappa shape index (κ3) is 4.39. The van der Waals surface area contributed by atoms with Gasteiger partial charge in [-0.1, -0.05) is 0 Å². The first kappa shape index (κ1) is 16.3. The smallest absolute Gasteiger partial charge is 0.217 e. The lowest BCUT2D eigenvalue weighted by Crippen LogP contribution is -2.65. The predicted molar refractivity (Wildman–Crippen MR) is 66.2 cm³/mol. The van der Waals surface area contributed by atoms with Crippen molar-refractivity contribution in [1.82, 2.24) is 5.32 Å². The topological polar surface area (TPSA) is 108 Å². The van der Waals surface area contributed by atoms with Gasteiger partial charge in [0.25, 0.3) is 0 Å². The average Bonchev–Trinajstić information content (AvgIpc) is 2.26. The van der Waals surface area contributed by atoms with Crippen LogP contribution in [0.5, 0.6) is 0 Å². The molecule has 1 amide bonds. The maximum Gasteiger partial charge on any atom is 0.217 e. The van der Waals surface area contributed by atoms with Crippen LogP contribution in [0, 0.1) is 0 Å². The van der Waals surface area contributed by atoms with Crippen LogP contribution in [0.2, 0.25) is 0 Å². The van der Waals surface area contributed by atoms with Gasteiger partial charge in [0.2, 0.25) is 5.91 Å². The lowest BCUT2D eigenvalue weighted by atomic mass is 9.96. The normalized spacial score (nSPS) is 36.1. The van der Waals surface area contributed by atoms with E-state index < -0.39 is 42.9 Å². The molecule has 0 unspecified atom stereocenters. The third-order valence-electron chi connectivity index (χ3n) is 2.72. The Kier molecular flexibility index (Phi) is 5.28. The molecular formula is C12H23NO6. The summed E-state index contributed by atoms with van der Waals surface area (Å²) in [5.41, 5.74) is -0.566. The van der Waals surface area contributed by atoms with E-state index in [1.54, 1.807) is 20.8 Å². The molecule has 1 aliphatic rings. The summed E-state index contributed by atoms with van der Waals surface area (Å²) in [5.74, 6) is -0.371. The molecule has 0 radical (unpaired) electrons. The van der Waals surface area contributed by atoms with Gasteiger partial charge in [0.15, 0.2) is 6.29 Å². The van der Waals surface area contributed by atoms with Gasteiger partial charge in [-0.05, 0) is 20.8 Å². The van der Waals surface area contributed by atoms with Crippen molar-refractivity contribution in [3.63, 3.8) is 0 Å². The monoisotopic (exact) mass is 277 g/mol. The Morgan fingerprint density at radius 1 is 1.32 bits per heavy atom. The molecule has 7 nitrogen and oxygen atoms in total. The number of aliphatic hydroxyl groups is 3. The molecule has 1 saturated heterocycles. The largest absolute Gasteiger partial charge is 0.394 e. The summed E-state index contributed by atoms with van der Waals surface area (Å²) in [7, 11) is 0. The van der Waals surface area contributed by atoms with Crippen molar-refractivity contribution in [3.05, 3.63) is 0 Å². The van der Waals surface area contributed by atoms with E-state index in [4.69, 9.17) is 14.6 Å². The SMILES string of the molecule is CC(=O)N[C@@H]1[C@H](OC(C)(C)C)O[C@H](CO)[C@H](O)[C@@H]1O. The van der Waals surface area contributed by atoms with Crippen LogP contribution >= 0.6 is 0 Å². The standard InChI is InChI=1S/C12H23NO6/c1-6(15)13-8-10(17)9(16)7(5-14)18-11(8)19-12(2,3)4/h7-11,14,16-17H,5H2,1-4H3,(H,13,15)/t7-,8+,9+,10-,11+/m1/s1. The van der Waals surface area contributed by atoms with Crippen molar-refractivity contribution < 1.29 is 29.6 Å². The molecule has 0 aromatic heterocycles. The number of nitrogens with one attached hydrogen (secondary N) is 1. The number of aliphatic hydroxyl groups excluding tert-OH is 3. The Hall–Kier alpha value is -0.730. The van der Waals surface area contributed by atoms with E-state index in [0.29, 0.717) is 0 Å². The minimum absolute atomic E-state index is 0.371. The molecule has 1 heterocycles. The van der Waals surface area contributed by atoms with Crippen LogP contribution in [0.3, 0.4) is 0 Å². The van der Waals surface area contributed by atoms with Gasteiger partial charge in [0.1, 0.15) is 24.4 Å². The molecule has 1 fully saturated rings. The van der Waals surface area contributed by atoms with E-state index >= 15 is 0 Å². The zero-order chi connectivity index (χ0) is 14.8. The number of rotatable bonds is 3. The van der Waals surface area contributed by atoms with Crippen molar-refractivity contribution in [2.75, 3.05) is 6.61 Å². The maximum atomic E-state index is 11.2. The lowest BCUT2D eigenvalue weighted by molar-refractivity contribution is -0.292. The summed E-state index contributed by atoms with van der Waals surface area (Å²) in [5, 5.41) is 31.4.